The second kappa shape index (κ2) is 9.31. The van der Waals surface area contributed by atoms with E-state index >= 15 is 0 Å². The van der Waals surface area contributed by atoms with Crippen molar-refractivity contribution in [2.75, 3.05) is 0 Å². The van der Waals surface area contributed by atoms with Crippen molar-refractivity contribution in [1.82, 2.24) is 0 Å². The Morgan fingerprint density at radius 2 is 1.64 bits per heavy atom. The minimum absolute atomic E-state index is 0.309. The maximum absolute atomic E-state index is 10.4. The lowest BCUT2D eigenvalue weighted by atomic mass is 10.0. The number of ether oxygens (including phenoxy) is 2. The van der Waals surface area contributed by atoms with Gasteiger partial charge in [-0.25, -0.2) is 0 Å². The largest absolute Gasteiger partial charge is 0.481 e. The number of unbranched alkanes of at least 4 members (excludes halogenated alkanes) is 4. The third kappa shape index (κ3) is 6.93. The number of aliphatic carboxylic acids is 1. The van der Waals surface area contributed by atoms with E-state index < -0.39 is 5.97 Å². The quantitative estimate of drug-likeness (QED) is 0.316. The summed E-state index contributed by atoms with van der Waals surface area (Å²) in [7, 11) is 0. The number of carboxylic acids is 1. The topological polar surface area (TPSA) is 62.4 Å². The van der Waals surface area contributed by atoms with Crippen LogP contribution in [0.4, 0.5) is 0 Å². The third-order valence-corrected chi connectivity index (χ3v) is 4.49. The van der Waals surface area contributed by atoms with Crippen LogP contribution < -0.4 is 0 Å². The molecule has 2 heterocycles. The summed E-state index contributed by atoms with van der Waals surface area (Å²) in [6.45, 7) is 2.15. The van der Waals surface area contributed by atoms with Gasteiger partial charge in [-0.3, -0.25) is 4.79 Å². The molecule has 22 heavy (non-hydrogen) atoms. The van der Waals surface area contributed by atoms with E-state index in [0.717, 1.165) is 44.9 Å². The van der Waals surface area contributed by atoms with Crippen molar-refractivity contribution in [1.29, 1.82) is 0 Å². The minimum atomic E-state index is -0.681. The van der Waals surface area contributed by atoms with Gasteiger partial charge in [0.15, 0.2) is 0 Å². The molecule has 0 aromatic carbocycles. The second-order valence-corrected chi connectivity index (χ2v) is 6.48. The van der Waals surface area contributed by atoms with Gasteiger partial charge in [0.2, 0.25) is 0 Å². The van der Waals surface area contributed by atoms with E-state index in [4.69, 9.17) is 14.6 Å². The van der Waals surface area contributed by atoms with E-state index in [1.165, 1.54) is 12.8 Å². The molecule has 126 valence electrons. The molecule has 2 aliphatic rings. The van der Waals surface area contributed by atoms with Crippen LogP contribution in [0.2, 0.25) is 0 Å². The molecule has 0 saturated carbocycles. The lowest BCUT2D eigenvalue weighted by Gasteiger charge is -1.99. The van der Waals surface area contributed by atoms with Crippen LogP contribution in [0.15, 0.2) is 12.2 Å². The fourth-order valence-electron chi connectivity index (χ4n) is 3.01. The minimum Gasteiger partial charge on any atom is -0.481 e. The van der Waals surface area contributed by atoms with Gasteiger partial charge in [-0.2, -0.15) is 0 Å². The monoisotopic (exact) mass is 310 g/mol. The second-order valence-electron chi connectivity index (χ2n) is 6.48. The first-order chi connectivity index (χ1) is 10.7. The predicted molar refractivity (Wildman–Crippen MR) is 85.9 cm³/mol. The fourth-order valence-corrected chi connectivity index (χ4v) is 3.01. The van der Waals surface area contributed by atoms with Gasteiger partial charge in [-0.15, -0.1) is 0 Å². The molecule has 2 aliphatic heterocycles. The lowest BCUT2D eigenvalue weighted by molar-refractivity contribution is -0.137. The van der Waals surface area contributed by atoms with Gasteiger partial charge in [0, 0.05) is 12.8 Å². The van der Waals surface area contributed by atoms with Gasteiger partial charge < -0.3 is 14.6 Å². The van der Waals surface area contributed by atoms with E-state index in [1.807, 2.05) is 0 Å². The van der Waals surface area contributed by atoms with Crippen molar-refractivity contribution in [3.05, 3.63) is 12.2 Å². The Hall–Kier alpha value is -0.870. The Morgan fingerprint density at radius 1 is 0.955 bits per heavy atom. The highest BCUT2D eigenvalue weighted by Crippen LogP contribution is 2.38. The lowest BCUT2D eigenvalue weighted by Crippen LogP contribution is -2.01. The van der Waals surface area contributed by atoms with Crippen molar-refractivity contribution in [2.24, 2.45) is 0 Å². The molecular weight excluding hydrogens is 280 g/mol. The van der Waals surface area contributed by atoms with Crippen LogP contribution in [0.25, 0.3) is 0 Å². The van der Waals surface area contributed by atoms with Crippen LogP contribution in [0, 0.1) is 0 Å². The number of carbonyl (C=O) groups is 1. The predicted octanol–water partition coefficient (Wildman–Crippen LogP) is 4.08. The van der Waals surface area contributed by atoms with Crippen molar-refractivity contribution >= 4 is 5.97 Å². The SMILES string of the molecule is CC/C=C\CC1OC1CC1OC1CCCCCCCC(=O)O. The molecule has 4 heteroatoms. The standard InChI is InChI=1S/C18H30O4/c1-2-3-7-10-14-16(21-14)13-17-15(22-17)11-8-5-4-6-9-12-18(19)20/h3,7,14-17H,2,4-6,8-13H2,1H3,(H,19,20)/b7-3-. The number of carboxylic acid groups (broad SMARTS) is 1. The molecule has 4 unspecified atom stereocenters. The first-order valence-electron chi connectivity index (χ1n) is 8.88. The Bertz CT molecular complexity index is 366. The zero-order chi connectivity index (χ0) is 15.8. The number of hydrogen-bond acceptors (Lipinski definition) is 3. The molecule has 2 saturated heterocycles. The number of epoxide rings is 2. The molecule has 0 radical (unpaired) electrons. The van der Waals surface area contributed by atoms with E-state index in [9.17, 15) is 4.79 Å². The van der Waals surface area contributed by atoms with Crippen molar-refractivity contribution in [2.45, 2.75) is 95.5 Å². The van der Waals surface area contributed by atoms with Gasteiger partial charge in [0.1, 0.15) is 0 Å². The van der Waals surface area contributed by atoms with E-state index in [0.29, 0.717) is 30.8 Å². The average Bonchev–Trinajstić information content (AvgIpc) is 3.38. The zero-order valence-electron chi connectivity index (χ0n) is 13.7. The van der Waals surface area contributed by atoms with Gasteiger partial charge in [0.25, 0.3) is 0 Å². The molecular formula is C18H30O4. The van der Waals surface area contributed by atoms with Gasteiger partial charge in [0.05, 0.1) is 24.4 Å². The molecule has 0 amide bonds. The van der Waals surface area contributed by atoms with Crippen LogP contribution >= 0.6 is 0 Å². The molecule has 0 spiro atoms. The van der Waals surface area contributed by atoms with E-state index in [1.54, 1.807) is 0 Å². The van der Waals surface area contributed by atoms with Crippen LogP contribution in [0.1, 0.15) is 71.1 Å². The highest BCUT2D eigenvalue weighted by molar-refractivity contribution is 5.66. The van der Waals surface area contributed by atoms with Crippen LogP contribution in [-0.4, -0.2) is 35.5 Å². The van der Waals surface area contributed by atoms with Crippen LogP contribution in [0.3, 0.4) is 0 Å². The van der Waals surface area contributed by atoms with Crippen molar-refractivity contribution in [3.8, 4) is 0 Å². The first-order valence-corrected chi connectivity index (χ1v) is 8.88. The maximum atomic E-state index is 10.4. The summed E-state index contributed by atoms with van der Waals surface area (Å²) in [4.78, 5) is 10.4. The third-order valence-electron chi connectivity index (χ3n) is 4.49. The molecule has 4 nitrogen and oxygen atoms in total. The molecule has 0 bridgehead atoms. The highest BCUT2D eigenvalue weighted by atomic mass is 16.6. The Labute approximate surface area is 133 Å². The molecule has 0 aliphatic carbocycles. The summed E-state index contributed by atoms with van der Waals surface area (Å²) >= 11 is 0. The smallest absolute Gasteiger partial charge is 0.303 e. The van der Waals surface area contributed by atoms with Crippen LogP contribution in [-0.2, 0) is 14.3 Å². The Kier molecular flexibility index (Phi) is 7.40. The van der Waals surface area contributed by atoms with Crippen LogP contribution in [0.5, 0.6) is 0 Å². The normalized spacial score (nSPS) is 29.9. The number of hydrogen-bond donors (Lipinski definition) is 1. The summed E-state index contributed by atoms with van der Waals surface area (Å²) in [5.74, 6) is -0.681. The average molecular weight is 310 g/mol. The summed E-state index contributed by atoms with van der Waals surface area (Å²) in [5.41, 5.74) is 0. The molecule has 0 aromatic heterocycles. The number of rotatable bonds is 13. The van der Waals surface area contributed by atoms with E-state index in [2.05, 4.69) is 19.1 Å². The van der Waals surface area contributed by atoms with Crippen molar-refractivity contribution < 1.29 is 19.4 Å². The molecule has 1 N–H and O–H groups in total. The zero-order valence-corrected chi connectivity index (χ0v) is 13.7. The summed E-state index contributed by atoms with van der Waals surface area (Å²) in [6, 6.07) is 0. The molecule has 4 atom stereocenters. The molecule has 2 fully saturated rings. The fraction of sp³-hybridized carbons (Fsp3) is 0.833. The molecule has 2 rings (SSSR count). The number of allylic oxidation sites excluding steroid dienone is 1. The van der Waals surface area contributed by atoms with E-state index in [-0.39, 0.29) is 0 Å². The van der Waals surface area contributed by atoms with Gasteiger partial charge in [-0.1, -0.05) is 44.8 Å². The maximum Gasteiger partial charge on any atom is 0.303 e. The van der Waals surface area contributed by atoms with Gasteiger partial charge >= 0.3 is 5.97 Å². The summed E-state index contributed by atoms with van der Waals surface area (Å²) in [5, 5.41) is 8.55. The first kappa shape index (κ1) is 17.5. The van der Waals surface area contributed by atoms with Crippen molar-refractivity contribution in [3.63, 3.8) is 0 Å². The summed E-state index contributed by atoms with van der Waals surface area (Å²) < 4.78 is 11.4. The Morgan fingerprint density at radius 3 is 2.41 bits per heavy atom. The van der Waals surface area contributed by atoms with Gasteiger partial charge in [-0.05, 0) is 25.7 Å². The molecule has 0 aromatic rings. The summed E-state index contributed by atoms with van der Waals surface area (Å²) in [6.07, 6.45) is 16.2. The highest BCUT2D eigenvalue weighted by Gasteiger charge is 2.47. The Balaban J connectivity index is 1.38.